The highest BCUT2D eigenvalue weighted by molar-refractivity contribution is 7.91. The average molecular weight is 368 g/mol. The number of benzene rings is 1. The number of carbonyl (C=O) groups excluding carboxylic acids is 1. The predicted octanol–water partition coefficient (Wildman–Crippen LogP) is 1.80. The van der Waals surface area contributed by atoms with Gasteiger partial charge in [-0.15, -0.1) is 0 Å². The molecule has 0 unspecified atom stereocenters. The quantitative estimate of drug-likeness (QED) is 0.734. The van der Waals surface area contributed by atoms with Crippen LogP contribution in [0.1, 0.15) is 27.2 Å². The van der Waals surface area contributed by atoms with Crippen LogP contribution < -0.4 is 4.74 Å². The number of hydrogen-bond donors (Lipinski definition) is 0. The smallest absolute Gasteiger partial charge is 0.223 e. The van der Waals surface area contributed by atoms with Crippen LogP contribution in [0.4, 0.5) is 0 Å². The van der Waals surface area contributed by atoms with Crippen molar-refractivity contribution in [2.24, 2.45) is 0 Å². The van der Waals surface area contributed by atoms with E-state index in [1.807, 2.05) is 13.8 Å². The Morgan fingerprint density at radius 1 is 1.12 bits per heavy atom. The van der Waals surface area contributed by atoms with Crippen LogP contribution in [-0.4, -0.2) is 68.7 Å². The maximum Gasteiger partial charge on any atom is 0.223 e. The van der Waals surface area contributed by atoms with Crippen molar-refractivity contribution in [3.05, 3.63) is 24.3 Å². The van der Waals surface area contributed by atoms with E-state index in [0.29, 0.717) is 18.8 Å². The number of likely N-dealkylation sites (N-methyl/N-ethyl adjacent to an activating group) is 1. The summed E-state index contributed by atoms with van der Waals surface area (Å²) >= 11 is 0. The first-order chi connectivity index (χ1) is 11.8. The highest BCUT2D eigenvalue weighted by Gasteiger charge is 2.23. The molecule has 1 aliphatic heterocycles. The molecule has 0 spiro atoms. The molecule has 140 valence electrons. The van der Waals surface area contributed by atoms with Crippen molar-refractivity contribution < 1.29 is 17.9 Å². The summed E-state index contributed by atoms with van der Waals surface area (Å²) in [5.41, 5.74) is 0. The lowest BCUT2D eigenvalue weighted by atomic mass is 10.3. The second-order valence-corrected chi connectivity index (χ2v) is 8.63. The summed E-state index contributed by atoms with van der Waals surface area (Å²) in [6, 6.07) is 6.38. The van der Waals surface area contributed by atoms with Crippen LogP contribution in [0.15, 0.2) is 29.2 Å². The van der Waals surface area contributed by atoms with Gasteiger partial charge in [-0.05, 0) is 44.7 Å². The van der Waals surface area contributed by atoms with Gasteiger partial charge in [-0.1, -0.05) is 6.92 Å². The molecule has 0 bridgehead atoms. The maximum absolute atomic E-state index is 12.4. The van der Waals surface area contributed by atoms with Crippen molar-refractivity contribution in [2.45, 2.75) is 38.2 Å². The Kier molecular flexibility index (Phi) is 6.84. The van der Waals surface area contributed by atoms with E-state index in [4.69, 9.17) is 4.74 Å². The molecule has 1 aliphatic rings. The topological polar surface area (TPSA) is 66.9 Å². The zero-order valence-electron chi connectivity index (χ0n) is 15.3. The number of hydrogen-bond acceptors (Lipinski definition) is 5. The summed E-state index contributed by atoms with van der Waals surface area (Å²) in [6.07, 6.45) is 0.0619. The van der Waals surface area contributed by atoms with Crippen LogP contribution in [0.25, 0.3) is 0 Å². The van der Waals surface area contributed by atoms with E-state index in [-0.39, 0.29) is 29.1 Å². The van der Waals surface area contributed by atoms with Crippen molar-refractivity contribution in [1.29, 1.82) is 0 Å². The minimum Gasteiger partial charge on any atom is -0.491 e. The van der Waals surface area contributed by atoms with E-state index in [2.05, 4.69) is 11.8 Å². The molecule has 0 radical (unpaired) electrons. The normalized spacial score (nSPS) is 16.2. The molecule has 1 aromatic rings. The standard InChI is InChI=1S/C18H28N2O4S/c1-4-19-10-12-20(13-11-19)18(21)9-14-25(22,23)17-7-5-16(6-8-17)24-15(2)3/h5-8,15H,4,9-14H2,1-3H3. The Morgan fingerprint density at radius 3 is 2.24 bits per heavy atom. The number of rotatable bonds is 7. The van der Waals surface area contributed by atoms with Crippen LogP contribution in [-0.2, 0) is 14.6 Å². The third kappa shape index (κ3) is 5.71. The third-order valence-corrected chi connectivity index (χ3v) is 6.04. The van der Waals surface area contributed by atoms with E-state index in [9.17, 15) is 13.2 Å². The second-order valence-electron chi connectivity index (χ2n) is 6.52. The summed E-state index contributed by atoms with van der Waals surface area (Å²) in [4.78, 5) is 16.5. The fourth-order valence-electron chi connectivity index (χ4n) is 2.81. The van der Waals surface area contributed by atoms with E-state index < -0.39 is 9.84 Å². The minimum absolute atomic E-state index is 0.0265. The molecule has 25 heavy (non-hydrogen) atoms. The van der Waals surface area contributed by atoms with Crippen molar-refractivity contribution in [2.75, 3.05) is 38.5 Å². The lowest BCUT2D eigenvalue weighted by Crippen LogP contribution is -2.48. The van der Waals surface area contributed by atoms with Gasteiger partial charge in [0.25, 0.3) is 0 Å². The van der Waals surface area contributed by atoms with Gasteiger partial charge in [0.15, 0.2) is 9.84 Å². The average Bonchev–Trinajstić information content (AvgIpc) is 2.60. The fraction of sp³-hybridized carbons (Fsp3) is 0.611. The maximum atomic E-state index is 12.4. The zero-order valence-corrected chi connectivity index (χ0v) is 16.1. The molecule has 0 saturated carbocycles. The lowest BCUT2D eigenvalue weighted by molar-refractivity contribution is -0.132. The zero-order chi connectivity index (χ0) is 18.4. The van der Waals surface area contributed by atoms with Gasteiger partial charge < -0.3 is 14.5 Å². The fourth-order valence-corrected chi connectivity index (χ4v) is 4.04. The van der Waals surface area contributed by atoms with Crippen LogP contribution in [0, 0.1) is 0 Å². The van der Waals surface area contributed by atoms with Gasteiger partial charge in [-0.2, -0.15) is 0 Å². The monoisotopic (exact) mass is 368 g/mol. The van der Waals surface area contributed by atoms with Crippen LogP contribution >= 0.6 is 0 Å². The molecule has 1 heterocycles. The van der Waals surface area contributed by atoms with Crippen LogP contribution in [0.3, 0.4) is 0 Å². The van der Waals surface area contributed by atoms with Gasteiger partial charge in [-0.3, -0.25) is 4.79 Å². The Morgan fingerprint density at radius 2 is 1.72 bits per heavy atom. The van der Waals surface area contributed by atoms with E-state index in [0.717, 1.165) is 19.6 Å². The molecule has 1 fully saturated rings. The van der Waals surface area contributed by atoms with Gasteiger partial charge in [0, 0.05) is 32.6 Å². The summed E-state index contributed by atoms with van der Waals surface area (Å²) < 4.78 is 30.4. The molecule has 0 aliphatic carbocycles. The number of nitrogens with zero attached hydrogens (tertiary/aromatic N) is 2. The number of ether oxygens (including phenoxy) is 1. The second kappa shape index (κ2) is 8.67. The predicted molar refractivity (Wildman–Crippen MR) is 97.6 cm³/mol. The molecule has 1 saturated heterocycles. The summed E-state index contributed by atoms with van der Waals surface area (Å²) in [5, 5.41) is 0. The highest BCUT2D eigenvalue weighted by Crippen LogP contribution is 2.19. The van der Waals surface area contributed by atoms with Crippen molar-refractivity contribution >= 4 is 15.7 Å². The van der Waals surface area contributed by atoms with Gasteiger partial charge in [0.1, 0.15) is 5.75 Å². The molecule has 1 aromatic carbocycles. The lowest BCUT2D eigenvalue weighted by Gasteiger charge is -2.34. The van der Waals surface area contributed by atoms with Crippen molar-refractivity contribution in [1.82, 2.24) is 9.80 Å². The van der Waals surface area contributed by atoms with Gasteiger partial charge in [0.2, 0.25) is 5.91 Å². The van der Waals surface area contributed by atoms with Crippen LogP contribution in [0.5, 0.6) is 5.75 Å². The molecule has 0 N–H and O–H groups in total. The molecule has 0 aromatic heterocycles. The van der Waals surface area contributed by atoms with E-state index >= 15 is 0 Å². The SMILES string of the molecule is CCN1CCN(C(=O)CCS(=O)(=O)c2ccc(OC(C)C)cc2)CC1. The Balaban J connectivity index is 1.89. The molecular formula is C18H28N2O4S. The largest absolute Gasteiger partial charge is 0.491 e. The summed E-state index contributed by atoms with van der Waals surface area (Å²) in [5.74, 6) is 0.391. The molecule has 1 amide bonds. The first kappa shape index (κ1) is 19.7. The molecule has 0 atom stereocenters. The Bertz CT molecular complexity index is 663. The minimum atomic E-state index is -3.47. The van der Waals surface area contributed by atoms with E-state index in [1.165, 1.54) is 12.1 Å². The first-order valence-corrected chi connectivity index (χ1v) is 10.5. The number of amides is 1. The van der Waals surface area contributed by atoms with Crippen molar-refractivity contribution in [3.8, 4) is 5.75 Å². The van der Waals surface area contributed by atoms with E-state index in [1.54, 1.807) is 17.0 Å². The molecule has 2 rings (SSSR count). The Hall–Kier alpha value is -1.60. The van der Waals surface area contributed by atoms with Crippen LogP contribution in [0.2, 0.25) is 0 Å². The van der Waals surface area contributed by atoms with Gasteiger partial charge >= 0.3 is 0 Å². The number of piperazine rings is 1. The highest BCUT2D eigenvalue weighted by atomic mass is 32.2. The van der Waals surface area contributed by atoms with Gasteiger partial charge in [0.05, 0.1) is 16.8 Å². The molecule has 7 heteroatoms. The Labute approximate surface area is 150 Å². The molecular weight excluding hydrogens is 340 g/mol. The summed E-state index contributed by atoms with van der Waals surface area (Å²) in [6.45, 7) is 9.96. The first-order valence-electron chi connectivity index (χ1n) is 8.81. The summed E-state index contributed by atoms with van der Waals surface area (Å²) in [7, 11) is -3.47. The third-order valence-electron chi connectivity index (χ3n) is 4.31. The number of sulfone groups is 1. The number of carbonyl (C=O) groups is 1. The van der Waals surface area contributed by atoms with Gasteiger partial charge in [-0.25, -0.2) is 8.42 Å². The molecule has 6 nitrogen and oxygen atoms in total. The van der Waals surface area contributed by atoms with Crippen molar-refractivity contribution in [3.63, 3.8) is 0 Å².